The molecule has 0 fully saturated rings. The van der Waals surface area contributed by atoms with Crippen molar-refractivity contribution >= 4 is 21.6 Å². The van der Waals surface area contributed by atoms with E-state index in [-0.39, 0.29) is 0 Å². The molecule has 0 radical (unpaired) electrons. The fraction of sp³-hybridized carbons (Fsp3) is 0.250. The predicted molar refractivity (Wildman–Crippen MR) is 85.2 cm³/mol. The lowest BCUT2D eigenvalue weighted by molar-refractivity contribution is 0.317. The first-order valence-corrected chi connectivity index (χ1v) is 7.36. The Balaban J connectivity index is 2.18. The second kappa shape index (κ2) is 7.20. The van der Waals surface area contributed by atoms with Crippen molar-refractivity contribution in [3.8, 4) is 11.1 Å². The number of oxime groups is 1. The second-order valence-electron chi connectivity index (χ2n) is 4.73. The molecule has 104 valence electrons. The molecule has 0 unspecified atom stereocenters. The zero-order valence-electron chi connectivity index (χ0n) is 11.4. The van der Waals surface area contributed by atoms with Gasteiger partial charge in [0.05, 0.1) is 5.71 Å². The van der Waals surface area contributed by atoms with Crippen molar-refractivity contribution in [3.05, 3.63) is 52.8 Å². The van der Waals surface area contributed by atoms with Crippen LogP contribution in [-0.4, -0.2) is 15.9 Å². The first-order chi connectivity index (χ1) is 9.70. The van der Waals surface area contributed by atoms with Gasteiger partial charge in [0.15, 0.2) is 0 Å². The number of pyridine rings is 1. The number of nitrogens with zero attached hydrogens (tertiary/aromatic N) is 2. The lowest BCUT2D eigenvalue weighted by atomic mass is 9.98. The lowest BCUT2D eigenvalue weighted by Gasteiger charge is -2.09. The largest absolute Gasteiger partial charge is 0.411 e. The summed E-state index contributed by atoms with van der Waals surface area (Å²) in [6, 6.07) is 10.3. The highest BCUT2D eigenvalue weighted by Gasteiger charge is 2.06. The molecule has 3 nitrogen and oxygen atoms in total. The second-order valence-corrected chi connectivity index (χ2v) is 5.65. The fourth-order valence-corrected chi connectivity index (χ4v) is 2.54. The summed E-state index contributed by atoms with van der Waals surface area (Å²) >= 11 is 3.50. The van der Waals surface area contributed by atoms with Gasteiger partial charge in [-0.1, -0.05) is 33.2 Å². The van der Waals surface area contributed by atoms with Crippen LogP contribution in [0.5, 0.6) is 0 Å². The van der Waals surface area contributed by atoms with E-state index in [0.29, 0.717) is 0 Å². The third-order valence-corrected chi connectivity index (χ3v) is 3.70. The normalized spacial score (nSPS) is 11.6. The maximum absolute atomic E-state index is 8.67. The summed E-state index contributed by atoms with van der Waals surface area (Å²) in [5, 5.41) is 11.9. The van der Waals surface area contributed by atoms with Crippen LogP contribution in [0.3, 0.4) is 0 Å². The number of rotatable bonds is 5. The number of hydrogen-bond donors (Lipinski definition) is 1. The highest BCUT2D eigenvalue weighted by atomic mass is 79.9. The summed E-state index contributed by atoms with van der Waals surface area (Å²) in [6.45, 7) is 1.84. The van der Waals surface area contributed by atoms with Crippen LogP contribution in [0.1, 0.15) is 25.3 Å². The molecular weight excluding hydrogens is 316 g/mol. The van der Waals surface area contributed by atoms with E-state index in [2.05, 4.69) is 44.3 Å². The maximum Gasteiger partial charge on any atom is 0.0540 e. The summed E-state index contributed by atoms with van der Waals surface area (Å²) in [7, 11) is 0. The molecular formula is C16H17BrN2O. The number of benzene rings is 1. The highest BCUT2D eigenvalue weighted by Crippen LogP contribution is 2.26. The van der Waals surface area contributed by atoms with E-state index in [1.54, 1.807) is 0 Å². The van der Waals surface area contributed by atoms with Crippen molar-refractivity contribution < 1.29 is 5.21 Å². The number of aryl methyl sites for hydroxylation is 1. The molecule has 1 aromatic carbocycles. The minimum Gasteiger partial charge on any atom is -0.411 e. The van der Waals surface area contributed by atoms with Gasteiger partial charge in [0, 0.05) is 22.4 Å². The average Bonchev–Trinajstić information content (AvgIpc) is 2.47. The van der Waals surface area contributed by atoms with Crippen LogP contribution >= 0.6 is 15.9 Å². The Morgan fingerprint density at radius 3 is 2.95 bits per heavy atom. The monoisotopic (exact) mass is 332 g/mol. The van der Waals surface area contributed by atoms with Crippen molar-refractivity contribution in [2.45, 2.75) is 26.2 Å². The molecule has 20 heavy (non-hydrogen) atoms. The summed E-state index contributed by atoms with van der Waals surface area (Å²) in [5.41, 5.74) is 4.36. The lowest BCUT2D eigenvalue weighted by Crippen LogP contribution is -1.96. The SMILES string of the molecule is CC(CCCc1ccncc1-c1cccc(Br)c1)=NO. The third kappa shape index (κ3) is 3.90. The zero-order chi connectivity index (χ0) is 14.4. The number of halogens is 1. The average molecular weight is 333 g/mol. The van der Waals surface area contributed by atoms with Crippen molar-refractivity contribution in [2.24, 2.45) is 5.16 Å². The first-order valence-electron chi connectivity index (χ1n) is 6.57. The quantitative estimate of drug-likeness (QED) is 0.490. The fourth-order valence-electron chi connectivity index (χ4n) is 2.14. The number of hydrogen-bond acceptors (Lipinski definition) is 3. The van der Waals surface area contributed by atoms with E-state index in [0.717, 1.165) is 40.6 Å². The van der Waals surface area contributed by atoms with Crippen LogP contribution in [0.15, 0.2) is 52.4 Å². The van der Waals surface area contributed by atoms with Crippen LogP contribution in [0.2, 0.25) is 0 Å². The molecule has 2 rings (SSSR count). The molecule has 1 heterocycles. The molecule has 0 saturated carbocycles. The minimum absolute atomic E-state index is 0.767. The predicted octanol–water partition coefficient (Wildman–Crippen LogP) is 4.68. The van der Waals surface area contributed by atoms with E-state index in [4.69, 9.17) is 5.21 Å². The van der Waals surface area contributed by atoms with Crippen molar-refractivity contribution in [3.63, 3.8) is 0 Å². The van der Waals surface area contributed by atoms with Gasteiger partial charge in [-0.3, -0.25) is 4.98 Å². The van der Waals surface area contributed by atoms with Crippen LogP contribution in [0.4, 0.5) is 0 Å². The molecule has 4 heteroatoms. The van der Waals surface area contributed by atoms with Crippen molar-refractivity contribution in [1.29, 1.82) is 0 Å². The van der Waals surface area contributed by atoms with Gasteiger partial charge in [-0.25, -0.2) is 0 Å². The van der Waals surface area contributed by atoms with Gasteiger partial charge in [-0.05, 0) is 55.5 Å². The standard InChI is InChI=1S/C16H17BrN2O/c1-12(19-20)4-2-5-13-8-9-18-11-16(13)14-6-3-7-15(17)10-14/h3,6-11,20H,2,4-5H2,1H3. The molecule has 0 aliphatic heterocycles. The first kappa shape index (κ1) is 14.7. The highest BCUT2D eigenvalue weighted by molar-refractivity contribution is 9.10. The van der Waals surface area contributed by atoms with Crippen LogP contribution < -0.4 is 0 Å². The topological polar surface area (TPSA) is 45.5 Å². The van der Waals surface area contributed by atoms with Crippen LogP contribution in [-0.2, 0) is 6.42 Å². The molecule has 1 aromatic heterocycles. The molecule has 0 aliphatic carbocycles. The summed E-state index contributed by atoms with van der Waals surface area (Å²) in [4.78, 5) is 4.23. The Morgan fingerprint density at radius 2 is 2.20 bits per heavy atom. The van der Waals surface area contributed by atoms with Gasteiger partial charge in [0.1, 0.15) is 0 Å². The van der Waals surface area contributed by atoms with E-state index in [9.17, 15) is 0 Å². The number of aromatic nitrogens is 1. The summed E-state index contributed by atoms with van der Waals surface area (Å²) in [5.74, 6) is 0. The Kier molecular flexibility index (Phi) is 5.30. The summed E-state index contributed by atoms with van der Waals surface area (Å²) in [6.07, 6.45) is 6.43. The summed E-state index contributed by atoms with van der Waals surface area (Å²) < 4.78 is 1.06. The molecule has 0 amide bonds. The maximum atomic E-state index is 8.67. The van der Waals surface area contributed by atoms with Crippen molar-refractivity contribution in [2.75, 3.05) is 0 Å². The Labute approximate surface area is 127 Å². The Morgan fingerprint density at radius 1 is 1.35 bits per heavy atom. The van der Waals surface area contributed by atoms with E-state index >= 15 is 0 Å². The van der Waals surface area contributed by atoms with Crippen molar-refractivity contribution in [1.82, 2.24) is 4.98 Å². The molecule has 0 saturated heterocycles. The molecule has 0 atom stereocenters. The molecule has 2 aromatic rings. The smallest absolute Gasteiger partial charge is 0.0540 e. The van der Waals surface area contributed by atoms with E-state index in [1.165, 1.54) is 5.56 Å². The minimum atomic E-state index is 0.767. The Bertz CT molecular complexity index is 611. The molecule has 0 bridgehead atoms. The van der Waals surface area contributed by atoms with Gasteiger partial charge in [-0.2, -0.15) is 0 Å². The van der Waals surface area contributed by atoms with Gasteiger partial charge < -0.3 is 5.21 Å². The molecule has 0 aliphatic rings. The van der Waals surface area contributed by atoms with Crippen LogP contribution in [0.25, 0.3) is 11.1 Å². The van der Waals surface area contributed by atoms with Gasteiger partial charge in [0.2, 0.25) is 0 Å². The van der Waals surface area contributed by atoms with E-state index < -0.39 is 0 Å². The third-order valence-electron chi connectivity index (χ3n) is 3.20. The molecule has 0 spiro atoms. The van der Waals surface area contributed by atoms with Crippen LogP contribution in [0, 0.1) is 0 Å². The van der Waals surface area contributed by atoms with Gasteiger partial charge >= 0.3 is 0 Å². The Hall–Kier alpha value is -1.68. The molecule has 1 N–H and O–H groups in total. The van der Waals surface area contributed by atoms with E-state index in [1.807, 2.05) is 31.5 Å². The zero-order valence-corrected chi connectivity index (χ0v) is 13.0. The van der Waals surface area contributed by atoms with Gasteiger partial charge in [0.25, 0.3) is 0 Å². The van der Waals surface area contributed by atoms with Gasteiger partial charge in [-0.15, -0.1) is 0 Å².